The highest BCUT2D eigenvalue weighted by atomic mass is 32.1. The van der Waals surface area contributed by atoms with Crippen LogP contribution in [0.4, 0.5) is 0 Å². The Morgan fingerprint density at radius 2 is 1.71 bits per heavy atom. The van der Waals surface area contributed by atoms with Crippen molar-refractivity contribution in [2.24, 2.45) is 0 Å². The largest absolute Gasteiger partial charge is 0.486 e. The number of nitrogens with zero attached hydrogens (tertiary/aromatic N) is 1. The molecule has 5 nitrogen and oxygen atoms in total. The minimum absolute atomic E-state index is 0.133. The summed E-state index contributed by atoms with van der Waals surface area (Å²) in [5.74, 6) is 1.08. The summed E-state index contributed by atoms with van der Waals surface area (Å²) >= 11 is 1.37. The summed E-state index contributed by atoms with van der Waals surface area (Å²) in [7, 11) is 1.73. The molecule has 3 aromatic rings. The Kier molecular flexibility index (Phi) is 5.12. The number of thiophene rings is 1. The van der Waals surface area contributed by atoms with Crippen molar-refractivity contribution in [1.82, 2.24) is 4.90 Å². The fraction of sp³-hybridized carbons (Fsp3) is 0.182. The van der Waals surface area contributed by atoms with Crippen molar-refractivity contribution in [1.29, 1.82) is 0 Å². The van der Waals surface area contributed by atoms with E-state index in [0.29, 0.717) is 41.5 Å². The molecule has 0 saturated heterocycles. The number of carbonyl (C=O) groups is 2. The van der Waals surface area contributed by atoms with Gasteiger partial charge in [0.1, 0.15) is 13.2 Å². The zero-order chi connectivity index (χ0) is 19.5. The molecule has 0 fully saturated rings. The highest BCUT2D eigenvalue weighted by Crippen LogP contribution is 2.31. The van der Waals surface area contributed by atoms with Gasteiger partial charge in [0.2, 0.25) is 5.78 Å². The summed E-state index contributed by atoms with van der Waals surface area (Å²) < 4.78 is 11.1. The van der Waals surface area contributed by atoms with E-state index in [2.05, 4.69) is 0 Å². The molecule has 0 N–H and O–H groups in total. The summed E-state index contributed by atoms with van der Waals surface area (Å²) in [6.45, 7) is 1.46. The van der Waals surface area contributed by atoms with Crippen molar-refractivity contribution in [3.63, 3.8) is 0 Å². The van der Waals surface area contributed by atoms with Crippen LogP contribution in [0.2, 0.25) is 0 Å². The van der Waals surface area contributed by atoms with E-state index >= 15 is 0 Å². The van der Waals surface area contributed by atoms with E-state index in [1.165, 1.54) is 11.3 Å². The van der Waals surface area contributed by atoms with Gasteiger partial charge in [-0.25, -0.2) is 0 Å². The topological polar surface area (TPSA) is 55.8 Å². The van der Waals surface area contributed by atoms with Gasteiger partial charge in [-0.1, -0.05) is 30.3 Å². The second kappa shape index (κ2) is 7.86. The van der Waals surface area contributed by atoms with Crippen molar-refractivity contribution >= 4 is 23.0 Å². The fourth-order valence-electron chi connectivity index (χ4n) is 3.15. The molecule has 142 valence electrons. The van der Waals surface area contributed by atoms with Crippen molar-refractivity contribution in [2.45, 2.75) is 6.54 Å². The maximum absolute atomic E-state index is 13.1. The van der Waals surface area contributed by atoms with Gasteiger partial charge in [-0.3, -0.25) is 9.59 Å². The van der Waals surface area contributed by atoms with Crippen LogP contribution in [0.3, 0.4) is 0 Å². The molecule has 0 spiro atoms. The molecule has 1 aliphatic rings. The zero-order valence-electron chi connectivity index (χ0n) is 15.4. The van der Waals surface area contributed by atoms with Gasteiger partial charge in [0.25, 0.3) is 5.91 Å². The first-order valence-electron chi connectivity index (χ1n) is 8.95. The Bertz CT molecular complexity index is 1010. The highest BCUT2D eigenvalue weighted by molar-refractivity contribution is 7.12. The second-order valence-electron chi connectivity index (χ2n) is 6.49. The summed E-state index contributed by atoms with van der Waals surface area (Å²) in [5, 5.41) is 1.85. The predicted octanol–water partition coefficient (Wildman–Crippen LogP) is 4.02. The molecular weight excluding hydrogens is 374 g/mol. The molecule has 1 amide bonds. The van der Waals surface area contributed by atoms with Crippen LogP contribution in [0, 0.1) is 0 Å². The third kappa shape index (κ3) is 3.64. The second-order valence-corrected chi connectivity index (χ2v) is 7.44. The van der Waals surface area contributed by atoms with Crippen molar-refractivity contribution in [3.05, 3.63) is 81.5 Å². The van der Waals surface area contributed by atoms with E-state index in [0.717, 1.165) is 11.3 Å². The van der Waals surface area contributed by atoms with Gasteiger partial charge in [-0.15, -0.1) is 11.3 Å². The molecule has 0 aliphatic carbocycles. The average Bonchev–Trinajstić information content (AvgIpc) is 3.27. The van der Waals surface area contributed by atoms with E-state index in [-0.39, 0.29) is 11.7 Å². The van der Waals surface area contributed by atoms with Gasteiger partial charge < -0.3 is 14.4 Å². The fourth-order valence-corrected chi connectivity index (χ4v) is 3.82. The maximum Gasteiger partial charge on any atom is 0.254 e. The first kappa shape index (κ1) is 18.3. The molecular formula is C22H19NO4S. The van der Waals surface area contributed by atoms with Crippen LogP contribution in [0.25, 0.3) is 0 Å². The third-order valence-electron chi connectivity index (χ3n) is 4.52. The molecule has 0 saturated carbocycles. The minimum Gasteiger partial charge on any atom is -0.486 e. The molecule has 6 heteroatoms. The van der Waals surface area contributed by atoms with Crippen LogP contribution in [0.1, 0.15) is 31.2 Å². The molecule has 1 aliphatic heterocycles. The van der Waals surface area contributed by atoms with Crippen molar-refractivity contribution in [2.75, 3.05) is 20.3 Å². The lowest BCUT2D eigenvalue weighted by Gasteiger charge is -2.22. The monoisotopic (exact) mass is 393 g/mol. The Labute approximate surface area is 167 Å². The summed E-state index contributed by atoms with van der Waals surface area (Å²) in [5.41, 5.74) is 1.76. The van der Waals surface area contributed by atoms with Gasteiger partial charge >= 0.3 is 0 Å². The number of hydrogen-bond acceptors (Lipinski definition) is 5. The number of ketones is 1. The average molecular weight is 393 g/mol. The van der Waals surface area contributed by atoms with Gasteiger partial charge in [0, 0.05) is 19.2 Å². The molecule has 1 aromatic heterocycles. The molecule has 0 radical (unpaired) electrons. The van der Waals surface area contributed by atoms with Gasteiger partial charge in [-0.05, 0) is 35.2 Å². The lowest BCUT2D eigenvalue weighted by molar-refractivity contribution is 0.0780. The number of carbonyl (C=O) groups excluding carboxylic acids is 2. The van der Waals surface area contributed by atoms with Crippen LogP contribution in [-0.2, 0) is 6.54 Å². The van der Waals surface area contributed by atoms with Crippen LogP contribution < -0.4 is 9.47 Å². The normalized spacial score (nSPS) is 12.5. The number of fused-ring (bicyclic) bond motifs is 1. The van der Waals surface area contributed by atoms with Crippen LogP contribution in [0.5, 0.6) is 11.5 Å². The third-order valence-corrected chi connectivity index (χ3v) is 5.39. The predicted molar refractivity (Wildman–Crippen MR) is 107 cm³/mol. The summed E-state index contributed by atoms with van der Waals surface area (Å²) in [4.78, 5) is 28.1. The van der Waals surface area contributed by atoms with Crippen LogP contribution >= 0.6 is 11.3 Å². The Balaban J connectivity index is 1.55. The maximum atomic E-state index is 13.1. The molecule has 0 unspecified atom stereocenters. The molecule has 4 rings (SSSR count). The SMILES string of the molecule is CN(Cc1ccc2c(c1)OCCO2)C(=O)c1ccccc1C(=O)c1cccs1. The number of rotatable bonds is 5. The lowest BCUT2D eigenvalue weighted by atomic mass is 10.0. The Hall–Kier alpha value is -3.12. The Morgan fingerprint density at radius 1 is 0.964 bits per heavy atom. The van der Waals surface area contributed by atoms with Crippen LogP contribution in [-0.4, -0.2) is 36.9 Å². The number of ether oxygens (including phenoxy) is 2. The Morgan fingerprint density at radius 3 is 2.46 bits per heavy atom. The van der Waals surface area contributed by atoms with Gasteiger partial charge in [0.05, 0.1) is 10.4 Å². The molecule has 0 atom stereocenters. The van der Waals surface area contributed by atoms with E-state index < -0.39 is 0 Å². The molecule has 28 heavy (non-hydrogen) atoms. The molecule has 2 heterocycles. The van der Waals surface area contributed by atoms with E-state index in [4.69, 9.17) is 9.47 Å². The summed E-state index contributed by atoms with van der Waals surface area (Å²) in [6, 6.07) is 16.2. The standard InChI is InChI=1S/C22H19NO4S/c1-23(14-15-8-9-18-19(13-15)27-11-10-26-18)22(25)17-6-3-2-5-16(17)21(24)20-7-4-12-28-20/h2-9,12-13H,10-11,14H2,1H3. The van der Waals surface area contributed by atoms with E-state index in [1.807, 2.05) is 29.6 Å². The molecule has 0 bridgehead atoms. The smallest absolute Gasteiger partial charge is 0.254 e. The first-order valence-corrected chi connectivity index (χ1v) is 9.82. The van der Waals surface area contributed by atoms with E-state index in [1.54, 1.807) is 42.3 Å². The van der Waals surface area contributed by atoms with Crippen molar-refractivity contribution in [3.8, 4) is 11.5 Å². The van der Waals surface area contributed by atoms with Gasteiger partial charge in [-0.2, -0.15) is 0 Å². The first-order chi connectivity index (χ1) is 13.6. The van der Waals surface area contributed by atoms with Crippen molar-refractivity contribution < 1.29 is 19.1 Å². The number of benzene rings is 2. The minimum atomic E-state index is -0.199. The molecule has 2 aromatic carbocycles. The summed E-state index contributed by atoms with van der Waals surface area (Å²) in [6.07, 6.45) is 0. The van der Waals surface area contributed by atoms with Crippen LogP contribution in [0.15, 0.2) is 60.0 Å². The number of amides is 1. The quantitative estimate of drug-likeness (QED) is 0.615. The number of hydrogen-bond donors (Lipinski definition) is 0. The van der Waals surface area contributed by atoms with Gasteiger partial charge in [0.15, 0.2) is 11.5 Å². The van der Waals surface area contributed by atoms with E-state index in [9.17, 15) is 9.59 Å². The highest BCUT2D eigenvalue weighted by Gasteiger charge is 2.21. The zero-order valence-corrected chi connectivity index (χ0v) is 16.2. The lowest BCUT2D eigenvalue weighted by Crippen LogP contribution is -2.28.